The van der Waals surface area contributed by atoms with Crippen LogP contribution in [0.4, 0.5) is 17.3 Å². The Balaban J connectivity index is 1.72. The Kier molecular flexibility index (Phi) is 4.67. The van der Waals surface area contributed by atoms with Gasteiger partial charge >= 0.3 is 0 Å². The summed E-state index contributed by atoms with van der Waals surface area (Å²) in [5.41, 5.74) is 3.38. The maximum absolute atomic E-state index is 12.3. The first-order chi connectivity index (χ1) is 12.1. The van der Waals surface area contributed by atoms with Gasteiger partial charge < -0.3 is 10.6 Å². The van der Waals surface area contributed by atoms with Crippen LogP contribution in [0.15, 0.2) is 60.8 Å². The van der Waals surface area contributed by atoms with Gasteiger partial charge in [0.1, 0.15) is 5.69 Å². The van der Waals surface area contributed by atoms with E-state index in [1.807, 2.05) is 31.2 Å². The average Bonchev–Trinajstić information content (AvgIpc) is 2.64. The van der Waals surface area contributed by atoms with Crippen molar-refractivity contribution in [3.63, 3.8) is 0 Å². The highest BCUT2D eigenvalue weighted by atomic mass is 16.1. The summed E-state index contributed by atoms with van der Waals surface area (Å²) < 4.78 is 0. The maximum Gasteiger partial charge on any atom is 0.274 e. The number of benzene rings is 2. The summed E-state index contributed by atoms with van der Waals surface area (Å²) in [7, 11) is 0. The molecule has 6 nitrogen and oxygen atoms in total. The van der Waals surface area contributed by atoms with Gasteiger partial charge in [0.25, 0.3) is 5.91 Å². The number of anilines is 3. The van der Waals surface area contributed by atoms with E-state index in [1.54, 1.807) is 30.3 Å². The van der Waals surface area contributed by atoms with Gasteiger partial charge in [-0.25, -0.2) is 9.97 Å². The number of carbonyl (C=O) groups is 1. The molecule has 0 aliphatic heterocycles. The van der Waals surface area contributed by atoms with Crippen LogP contribution in [0.1, 0.15) is 21.6 Å². The van der Waals surface area contributed by atoms with E-state index in [-0.39, 0.29) is 11.6 Å². The van der Waals surface area contributed by atoms with Crippen molar-refractivity contribution in [1.29, 1.82) is 5.26 Å². The van der Waals surface area contributed by atoms with E-state index < -0.39 is 0 Å². The molecule has 2 N–H and O–H groups in total. The van der Waals surface area contributed by atoms with E-state index >= 15 is 0 Å². The van der Waals surface area contributed by atoms with Gasteiger partial charge in [0.2, 0.25) is 5.95 Å². The predicted octanol–water partition coefficient (Wildman–Crippen LogP) is 3.65. The molecule has 1 aromatic heterocycles. The lowest BCUT2D eigenvalue weighted by atomic mass is 10.2. The minimum Gasteiger partial charge on any atom is -0.324 e. The molecule has 0 unspecified atom stereocenters. The fourth-order valence-electron chi connectivity index (χ4n) is 2.13. The molecular formula is C19H15N5O. The molecule has 1 heterocycles. The predicted molar refractivity (Wildman–Crippen MR) is 95.6 cm³/mol. The minimum absolute atomic E-state index is 0.256. The molecule has 0 fully saturated rings. The number of aryl methyl sites for hydroxylation is 1. The highest BCUT2D eigenvalue weighted by molar-refractivity contribution is 6.03. The minimum atomic E-state index is -0.311. The summed E-state index contributed by atoms with van der Waals surface area (Å²) in [6, 6.07) is 18.0. The van der Waals surface area contributed by atoms with E-state index in [0.717, 1.165) is 11.3 Å². The molecule has 0 aliphatic rings. The molecule has 3 rings (SSSR count). The Morgan fingerprint density at radius 1 is 1.00 bits per heavy atom. The standard InChI is InChI=1S/C19H15N5O/c1-13-2-6-15(7-3-13)22-18(25)17-10-11-21-19(24-17)23-16-8-4-14(12-20)5-9-16/h2-11H,1H3,(H,22,25)(H,21,23,24). The summed E-state index contributed by atoms with van der Waals surface area (Å²) in [4.78, 5) is 20.7. The van der Waals surface area contributed by atoms with Crippen LogP contribution < -0.4 is 10.6 Å². The van der Waals surface area contributed by atoms with Gasteiger partial charge in [-0.15, -0.1) is 0 Å². The lowest BCUT2D eigenvalue weighted by Gasteiger charge is -2.08. The number of nitrogens with one attached hydrogen (secondary N) is 2. The Hall–Kier alpha value is -3.72. The molecule has 6 heteroatoms. The van der Waals surface area contributed by atoms with Gasteiger partial charge in [0.15, 0.2) is 0 Å². The molecule has 0 saturated carbocycles. The number of amides is 1. The van der Waals surface area contributed by atoms with Crippen molar-refractivity contribution in [1.82, 2.24) is 9.97 Å². The van der Waals surface area contributed by atoms with Crippen LogP contribution in [0, 0.1) is 18.3 Å². The fraction of sp³-hybridized carbons (Fsp3) is 0.0526. The number of hydrogen-bond donors (Lipinski definition) is 2. The molecule has 0 atom stereocenters. The van der Waals surface area contributed by atoms with Crippen LogP contribution in [-0.2, 0) is 0 Å². The molecule has 0 spiro atoms. The second kappa shape index (κ2) is 7.23. The van der Waals surface area contributed by atoms with E-state index in [1.165, 1.54) is 6.20 Å². The second-order valence-electron chi connectivity index (χ2n) is 5.40. The van der Waals surface area contributed by atoms with E-state index in [9.17, 15) is 4.79 Å². The van der Waals surface area contributed by atoms with Crippen LogP contribution in [-0.4, -0.2) is 15.9 Å². The molecule has 2 aromatic carbocycles. The Morgan fingerprint density at radius 2 is 1.68 bits per heavy atom. The Labute approximate surface area is 145 Å². The monoisotopic (exact) mass is 329 g/mol. The number of rotatable bonds is 4. The summed E-state index contributed by atoms with van der Waals surface area (Å²) in [5.74, 6) is -0.00426. The molecule has 1 amide bonds. The second-order valence-corrected chi connectivity index (χ2v) is 5.40. The number of nitrogens with zero attached hydrogens (tertiary/aromatic N) is 3. The quantitative estimate of drug-likeness (QED) is 0.762. The lowest BCUT2D eigenvalue weighted by molar-refractivity contribution is 0.102. The van der Waals surface area contributed by atoms with E-state index in [0.29, 0.717) is 17.2 Å². The van der Waals surface area contributed by atoms with Gasteiger partial charge in [-0.05, 0) is 49.4 Å². The zero-order chi connectivity index (χ0) is 17.6. The zero-order valence-electron chi connectivity index (χ0n) is 13.5. The molecule has 25 heavy (non-hydrogen) atoms. The van der Waals surface area contributed by atoms with Gasteiger partial charge in [-0.3, -0.25) is 4.79 Å². The first-order valence-corrected chi connectivity index (χ1v) is 7.62. The first kappa shape index (κ1) is 16.1. The van der Waals surface area contributed by atoms with E-state index in [4.69, 9.17) is 5.26 Å². The van der Waals surface area contributed by atoms with Crippen LogP contribution in [0.2, 0.25) is 0 Å². The zero-order valence-corrected chi connectivity index (χ0v) is 13.5. The number of nitriles is 1. The Bertz CT molecular complexity index is 927. The molecule has 0 radical (unpaired) electrons. The van der Waals surface area contributed by atoms with Crippen LogP contribution in [0.3, 0.4) is 0 Å². The molecule has 0 saturated heterocycles. The number of hydrogen-bond acceptors (Lipinski definition) is 5. The fourth-order valence-corrected chi connectivity index (χ4v) is 2.13. The lowest BCUT2D eigenvalue weighted by Crippen LogP contribution is -2.14. The normalized spacial score (nSPS) is 9.92. The topological polar surface area (TPSA) is 90.7 Å². The first-order valence-electron chi connectivity index (χ1n) is 7.62. The summed E-state index contributed by atoms with van der Waals surface area (Å²) in [5, 5.41) is 14.6. The van der Waals surface area contributed by atoms with Gasteiger partial charge in [-0.2, -0.15) is 5.26 Å². The van der Waals surface area contributed by atoms with E-state index in [2.05, 4.69) is 26.7 Å². The third kappa shape index (κ3) is 4.18. The van der Waals surface area contributed by atoms with Crippen molar-refractivity contribution in [3.05, 3.63) is 77.6 Å². The van der Waals surface area contributed by atoms with Gasteiger partial charge in [0.05, 0.1) is 11.6 Å². The van der Waals surface area contributed by atoms with Crippen molar-refractivity contribution < 1.29 is 4.79 Å². The van der Waals surface area contributed by atoms with Crippen molar-refractivity contribution in [3.8, 4) is 6.07 Å². The third-order valence-corrected chi connectivity index (χ3v) is 3.47. The summed E-state index contributed by atoms with van der Waals surface area (Å²) in [6.45, 7) is 1.98. The maximum atomic E-state index is 12.3. The number of aromatic nitrogens is 2. The van der Waals surface area contributed by atoms with Crippen LogP contribution in [0.5, 0.6) is 0 Å². The van der Waals surface area contributed by atoms with Crippen molar-refractivity contribution in [2.45, 2.75) is 6.92 Å². The van der Waals surface area contributed by atoms with Crippen molar-refractivity contribution in [2.75, 3.05) is 10.6 Å². The van der Waals surface area contributed by atoms with Crippen molar-refractivity contribution >= 4 is 23.2 Å². The van der Waals surface area contributed by atoms with Gasteiger partial charge in [0, 0.05) is 17.6 Å². The summed E-state index contributed by atoms with van der Waals surface area (Å²) in [6.07, 6.45) is 1.52. The molecule has 122 valence electrons. The SMILES string of the molecule is Cc1ccc(NC(=O)c2ccnc(Nc3ccc(C#N)cc3)n2)cc1. The molecule has 0 bridgehead atoms. The van der Waals surface area contributed by atoms with Crippen LogP contribution in [0.25, 0.3) is 0 Å². The van der Waals surface area contributed by atoms with Crippen molar-refractivity contribution in [2.24, 2.45) is 0 Å². The van der Waals surface area contributed by atoms with Gasteiger partial charge in [-0.1, -0.05) is 17.7 Å². The molecule has 3 aromatic rings. The molecule has 0 aliphatic carbocycles. The highest BCUT2D eigenvalue weighted by Crippen LogP contribution is 2.15. The Morgan fingerprint density at radius 3 is 2.36 bits per heavy atom. The largest absolute Gasteiger partial charge is 0.324 e. The third-order valence-electron chi connectivity index (χ3n) is 3.47. The smallest absolute Gasteiger partial charge is 0.274 e. The molecular weight excluding hydrogens is 314 g/mol. The average molecular weight is 329 g/mol. The number of carbonyl (C=O) groups excluding carboxylic acids is 1. The highest BCUT2D eigenvalue weighted by Gasteiger charge is 2.09. The van der Waals surface area contributed by atoms with Crippen LogP contribution >= 0.6 is 0 Å². The summed E-state index contributed by atoms with van der Waals surface area (Å²) >= 11 is 0.